The molecular formula is C30H43N5O4. The summed E-state index contributed by atoms with van der Waals surface area (Å²) in [5.74, 6) is -0.771. The van der Waals surface area contributed by atoms with Crippen LogP contribution >= 0.6 is 0 Å². The molecule has 2 aromatic rings. The van der Waals surface area contributed by atoms with E-state index in [0.29, 0.717) is 36.7 Å². The molecule has 0 spiro atoms. The minimum absolute atomic E-state index is 0.115. The Bertz CT molecular complexity index is 1200. The van der Waals surface area contributed by atoms with E-state index in [4.69, 9.17) is 10.7 Å². The number of amides is 3. The molecule has 0 atom stereocenters. The number of aliphatic carboxylic acids is 1. The fourth-order valence-corrected chi connectivity index (χ4v) is 5.21. The molecule has 1 aromatic heterocycles. The van der Waals surface area contributed by atoms with Crippen LogP contribution in [0.5, 0.6) is 0 Å². The summed E-state index contributed by atoms with van der Waals surface area (Å²) in [6.45, 7) is 12.7. The van der Waals surface area contributed by atoms with Crippen LogP contribution in [0.1, 0.15) is 63.1 Å². The number of carbonyl (C=O) groups excluding carboxylic acids is 2. The second kappa shape index (κ2) is 12.6. The molecule has 212 valence electrons. The zero-order valence-corrected chi connectivity index (χ0v) is 24.1. The molecule has 0 unspecified atom stereocenters. The predicted octanol–water partition coefficient (Wildman–Crippen LogP) is 4.59. The number of hydrogen-bond donors (Lipinski definition) is 3. The Morgan fingerprint density at radius 3 is 2.28 bits per heavy atom. The highest BCUT2D eigenvalue weighted by Gasteiger charge is 2.40. The van der Waals surface area contributed by atoms with E-state index < -0.39 is 17.4 Å². The highest BCUT2D eigenvalue weighted by molar-refractivity contribution is 5.98. The standard InChI is InChI=1S/C30H43N5O4/c1-7-30(8-2,28(37)38)18-35-14-13-34(17-25(35)36)29(39)33-27-21(6)32-24(15-19(3)4)23(16-31)26(27)22-11-9-20(5)10-12-22/h9-12,19H,7-8,13-18,31H2,1-6H3,(H,33,39)(H,37,38). The third kappa shape index (κ3) is 6.58. The van der Waals surface area contributed by atoms with E-state index in [9.17, 15) is 19.5 Å². The Hall–Kier alpha value is -3.46. The van der Waals surface area contributed by atoms with Crippen molar-refractivity contribution in [2.75, 3.05) is 31.5 Å². The summed E-state index contributed by atoms with van der Waals surface area (Å²) in [7, 11) is 0. The van der Waals surface area contributed by atoms with E-state index in [2.05, 4.69) is 19.2 Å². The molecular weight excluding hydrogens is 494 g/mol. The average Bonchev–Trinajstić information content (AvgIpc) is 2.89. The minimum Gasteiger partial charge on any atom is -0.481 e. The van der Waals surface area contributed by atoms with Crippen LogP contribution in [0.25, 0.3) is 11.1 Å². The summed E-state index contributed by atoms with van der Waals surface area (Å²) in [4.78, 5) is 46.3. The van der Waals surface area contributed by atoms with Crippen molar-refractivity contribution in [3.8, 4) is 11.1 Å². The number of rotatable bonds is 10. The van der Waals surface area contributed by atoms with Gasteiger partial charge in [-0.3, -0.25) is 14.6 Å². The van der Waals surface area contributed by atoms with Gasteiger partial charge in [0, 0.05) is 37.4 Å². The first-order chi connectivity index (χ1) is 18.5. The van der Waals surface area contributed by atoms with Gasteiger partial charge in [-0.05, 0) is 50.2 Å². The summed E-state index contributed by atoms with van der Waals surface area (Å²) in [5.41, 5.74) is 11.3. The van der Waals surface area contributed by atoms with E-state index in [1.54, 1.807) is 4.90 Å². The van der Waals surface area contributed by atoms with E-state index in [-0.39, 0.29) is 32.1 Å². The number of urea groups is 1. The molecule has 2 heterocycles. The van der Waals surface area contributed by atoms with Crippen LogP contribution in [-0.2, 0) is 22.6 Å². The fourth-order valence-electron chi connectivity index (χ4n) is 5.21. The summed E-state index contributed by atoms with van der Waals surface area (Å²) in [6, 6.07) is 7.71. The molecule has 0 saturated carbocycles. The number of hydrogen-bond acceptors (Lipinski definition) is 5. The van der Waals surface area contributed by atoms with Crippen molar-refractivity contribution >= 4 is 23.6 Å². The third-order valence-electron chi connectivity index (χ3n) is 7.85. The van der Waals surface area contributed by atoms with E-state index >= 15 is 0 Å². The summed E-state index contributed by atoms with van der Waals surface area (Å²) in [6.07, 6.45) is 1.62. The van der Waals surface area contributed by atoms with Gasteiger partial charge in [0.25, 0.3) is 0 Å². The topological polar surface area (TPSA) is 129 Å². The lowest BCUT2D eigenvalue weighted by atomic mass is 9.81. The van der Waals surface area contributed by atoms with Gasteiger partial charge < -0.3 is 26.0 Å². The van der Waals surface area contributed by atoms with Gasteiger partial charge in [0.1, 0.15) is 6.54 Å². The van der Waals surface area contributed by atoms with Crippen LogP contribution in [0, 0.1) is 25.2 Å². The Morgan fingerprint density at radius 1 is 1.13 bits per heavy atom. The summed E-state index contributed by atoms with van der Waals surface area (Å²) < 4.78 is 0. The van der Waals surface area contributed by atoms with Gasteiger partial charge in [-0.15, -0.1) is 0 Å². The maximum Gasteiger partial charge on any atom is 0.322 e. The van der Waals surface area contributed by atoms with E-state index in [1.807, 2.05) is 52.0 Å². The van der Waals surface area contributed by atoms with Crippen molar-refractivity contribution < 1.29 is 19.5 Å². The van der Waals surface area contributed by atoms with Crippen LogP contribution in [0.15, 0.2) is 24.3 Å². The van der Waals surface area contributed by atoms with E-state index in [0.717, 1.165) is 34.4 Å². The number of piperazine rings is 1. The normalized spacial score (nSPS) is 14.2. The molecule has 3 rings (SSSR count). The Balaban J connectivity index is 1.90. The quantitative estimate of drug-likeness (QED) is 0.407. The summed E-state index contributed by atoms with van der Waals surface area (Å²) in [5, 5.41) is 12.8. The van der Waals surface area contributed by atoms with Gasteiger partial charge in [-0.25, -0.2) is 4.79 Å². The SMILES string of the molecule is CCC(CC)(CN1CCN(C(=O)Nc2c(C)nc(CC(C)C)c(CN)c2-c2ccc(C)cc2)CC1=O)C(=O)O. The zero-order chi connectivity index (χ0) is 28.9. The number of anilines is 1. The van der Waals surface area contributed by atoms with Gasteiger partial charge in [0.2, 0.25) is 5.91 Å². The number of carbonyl (C=O) groups is 3. The van der Waals surface area contributed by atoms with Crippen molar-refractivity contribution in [2.24, 2.45) is 17.1 Å². The Morgan fingerprint density at radius 2 is 1.77 bits per heavy atom. The number of carboxylic acids is 1. The number of carboxylic acid groups (broad SMARTS) is 1. The summed E-state index contributed by atoms with van der Waals surface area (Å²) >= 11 is 0. The maximum atomic E-state index is 13.5. The molecule has 1 aromatic carbocycles. The zero-order valence-electron chi connectivity index (χ0n) is 24.1. The molecule has 1 fully saturated rings. The van der Waals surface area contributed by atoms with Gasteiger partial charge in [-0.1, -0.05) is 57.5 Å². The number of nitrogens with zero attached hydrogens (tertiary/aromatic N) is 3. The van der Waals surface area contributed by atoms with Crippen molar-refractivity contribution in [2.45, 2.75) is 67.3 Å². The first-order valence-corrected chi connectivity index (χ1v) is 13.8. The second-order valence-electron chi connectivity index (χ2n) is 11.0. The molecule has 3 amide bonds. The number of aromatic nitrogens is 1. The van der Waals surface area contributed by atoms with Gasteiger partial charge >= 0.3 is 12.0 Å². The van der Waals surface area contributed by atoms with Crippen LogP contribution in [0.4, 0.5) is 10.5 Å². The predicted molar refractivity (Wildman–Crippen MR) is 153 cm³/mol. The Labute approximate surface area is 231 Å². The highest BCUT2D eigenvalue weighted by atomic mass is 16.4. The lowest BCUT2D eigenvalue weighted by Crippen LogP contribution is -2.56. The molecule has 39 heavy (non-hydrogen) atoms. The average molecular weight is 538 g/mol. The second-order valence-corrected chi connectivity index (χ2v) is 11.0. The molecule has 4 N–H and O–H groups in total. The maximum absolute atomic E-state index is 13.5. The highest BCUT2D eigenvalue weighted by Crippen LogP contribution is 2.36. The molecule has 9 nitrogen and oxygen atoms in total. The number of nitrogens with one attached hydrogen (secondary N) is 1. The van der Waals surface area contributed by atoms with Crippen LogP contribution in [0.2, 0.25) is 0 Å². The minimum atomic E-state index is -0.984. The number of nitrogens with two attached hydrogens (primary N) is 1. The lowest BCUT2D eigenvalue weighted by molar-refractivity contribution is -0.153. The molecule has 1 aliphatic rings. The first kappa shape index (κ1) is 30.1. The Kier molecular flexibility index (Phi) is 9.72. The van der Waals surface area contributed by atoms with Crippen molar-refractivity contribution in [3.05, 3.63) is 46.8 Å². The molecule has 0 aliphatic carbocycles. The third-order valence-corrected chi connectivity index (χ3v) is 7.85. The smallest absolute Gasteiger partial charge is 0.322 e. The molecule has 0 bridgehead atoms. The van der Waals surface area contributed by atoms with Gasteiger partial charge in [-0.2, -0.15) is 0 Å². The van der Waals surface area contributed by atoms with Gasteiger partial charge in [0.15, 0.2) is 0 Å². The van der Waals surface area contributed by atoms with Crippen molar-refractivity contribution in [1.29, 1.82) is 0 Å². The fraction of sp³-hybridized carbons (Fsp3) is 0.533. The molecule has 0 radical (unpaired) electrons. The molecule has 1 saturated heterocycles. The monoisotopic (exact) mass is 537 g/mol. The largest absolute Gasteiger partial charge is 0.481 e. The molecule has 1 aliphatic heterocycles. The number of benzene rings is 1. The lowest BCUT2D eigenvalue weighted by Gasteiger charge is -2.39. The van der Waals surface area contributed by atoms with Crippen molar-refractivity contribution in [3.63, 3.8) is 0 Å². The van der Waals surface area contributed by atoms with Crippen LogP contribution < -0.4 is 11.1 Å². The number of pyridine rings is 1. The van der Waals surface area contributed by atoms with Gasteiger partial charge in [0.05, 0.1) is 16.8 Å². The van der Waals surface area contributed by atoms with E-state index in [1.165, 1.54) is 4.90 Å². The number of aryl methyl sites for hydroxylation is 2. The molecule has 9 heteroatoms. The van der Waals surface area contributed by atoms with Crippen LogP contribution in [0.3, 0.4) is 0 Å². The van der Waals surface area contributed by atoms with Crippen LogP contribution in [-0.4, -0.2) is 64.0 Å². The van der Waals surface area contributed by atoms with Crippen molar-refractivity contribution in [1.82, 2.24) is 14.8 Å². The first-order valence-electron chi connectivity index (χ1n) is 13.8.